The smallest absolute Gasteiger partial charge is 0.328 e. The standard InChI is InChI=1S/C32H48FN5O4/c1-4-6-7-8-9-10-11-12-13-14-15-16-27(39)36-23(3)30(40)41-22-32(5-2)20-19-26(42-32)24-17-18-25-28(35-21-24)29(34)38-31(33)37-25/h2,21,23-24,26H,4,6-20,22H2,1,3H3,(H,36,39)(H2,34,37,38)/t23-,24?,26+,32-/m0/s1. The number of nitrogens with one attached hydrogen (secondary N) is 1. The molecule has 2 aliphatic rings. The number of aliphatic imine (C=N–C) groups is 1. The van der Waals surface area contributed by atoms with Gasteiger partial charge in [-0.15, -0.1) is 6.42 Å². The zero-order valence-corrected chi connectivity index (χ0v) is 25.3. The molecular weight excluding hydrogens is 537 g/mol. The first-order chi connectivity index (χ1) is 20.3. The molecule has 1 unspecified atom stereocenters. The minimum absolute atomic E-state index is 0.00615. The van der Waals surface area contributed by atoms with Crippen LogP contribution in [0.2, 0.25) is 0 Å². The molecule has 9 nitrogen and oxygen atoms in total. The number of amides is 1. The lowest BCUT2D eigenvalue weighted by molar-refractivity contribution is -0.154. The van der Waals surface area contributed by atoms with Crippen molar-refractivity contribution in [2.75, 3.05) is 12.3 Å². The number of terminal acetylenes is 1. The molecule has 0 aliphatic carbocycles. The van der Waals surface area contributed by atoms with Crippen LogP contribution in [0, 0.1) is 24.3 Å². The Bertz CT molecular complexity index is 1110. The number of aryl methyl sites for hydroxylation is 1. The van der Waals surface area contributed by atoms with Crippen molar-refractivity contribution in [3.63, 3.8) is 0 Å². The lowest BCUT2D eigenvalue weighted by Gasteiger charge is -2.26. The van der Waals surface area contributed by atoms with E-state index in [2.05, 4.69) is 33.1 Å². The number of carbonyl (C=O) groups is 2. The Balaban J connectivity index is 1.33. The summed E-state index contributed by atoms with van der Waals surface area (Å²) in [7, 11) is 0. The second-order valence-corrected chi connectivity index (χ2v) is 11.7. The van der Waals surface area contributed by atoms with E-state index in [0.717, 1.165) is 19.3 Å². The van der Waals surface area contributed by atoms with Gasteiger partial charge in [-0.1, -0.05) is 77.1 Å². The fourth-order valence-corrected chi connectivity index (χ4v) is 5.61. The molecule has 3 rings (SSSR count). The van der Waals surface area contributed by atoms with Crippen molar-refractivity contribution >= 4 is 29.6 Å². The fourth-order valence-electron chi connectivity index (χ4n) is 5.61. The van der Waals surface area contributed by atoms with Crippen LogP contribution >= 0.6 is 0 Å². The maximum Gasteiger partial charge on any atom is 0.328 e. The van der Waals surface area contributed by atoms with Gasteiger partial charge in [-0.2, -0.15) is 9.37 Å². The summed E-state index contributed by atoms with van der Waals surface area (Å²) in [6, 6.07) is -0.781. The van der Waals surface area contributed by atoms with Gasteiger partial charge < -0.3 is 20.5 Å². The number of carbonyl (C=O) groups excluding carboxylic acids is 2. The Morgan fingerprint density at radius 3 is 2.48 bits per heavy atom. The summed E-state index contributed by atoms with van der Waals surface area (Å²) in [6.45, 7) is 3.74. The van der Waals surface area contributed by atoms with Crippen LogP contribution in [0.5, 0.6) is 0 Å². The highest BCUT2D eigenvalue weighted by molar-refractivity contribution is 5.84. The number of hydrogen-bond donors (Lipinski definition) is 2. The molecule has 0 saturated carbocycles. The molecule has 0 bridgehead atoms. The molecule has 1 aromatic heterocycles. The van der Waals surface area contributed by atoms with Crippen LogP contribution in [0.3, 0.4) is 0 Å². The van der Waals surface area contributed by atoms with Crippen molar-refractivity contribution in [2.24, 2.45) is 10.9 Å². The average molecular weight is 586 g/mol. The summed E-state index contributed by atoms with van der Waals surface area (Å²) >= 11 is 0. The first kappa shape index (κ1) is 33.4. The first-order valence-corrected chi connectivity index (χ1v) is 15.7. The van der Waals surface area contributed by atoms with Gasteiger partial charge >= 0.3 is 12.0 Å². The molecule has 1 saturated heterocycles. The van der Waals surface area contributed by atoms with Crippen molar-refractivity contribution in [2.45, 2.75) is 134 Å². The summed E-state index contributed by atoms with van der Waals surface area (Å²) in [5, 5.41) is 2.73. The molecule has 1 aromatic rings. The Morgan fingerprint density at radius 2 is 1.81 bits per heavy atom. The Labute approximate surface area is 250 Å². The molecule has 0 radical (unpaired) electrons. The third kappa shape index (κ3) is 10.3. The number of esters is 1. The molecule has 0 spiro atoms. The molecule has 1 amide bonds. The number of halogens is 1. The van der Waals surface area contributed by atoms with E-state index in [9.17, 15) is 14.0 Å². The van der Waals surface area contributed by atoms with Crippen molar-refractivity contribution in [3.8, 4) is 12.3 Å². The Hall–Kier alpha value is -3.06. The van der Waals surface area contributed by atoms with Gasteiger partial charge in [0.05, 0.1) is 11.8 Å². The molecule has 3 heterocycles. The van der Waals surface area contributed by atoms with Crippen molar-refractivity contribution in [1.82, 2.24) is 15.3 Å². The molecule has 10 heteroatoms. The molecule has 42 heavy (non-hydrogen) atoms. The monoisotopic (exact) mass is 585 g/mol. The largest absolute Gasteiger partial charge is 0.460 e. The fraction of sp³-hybridized carbons (Fsp3) is 0.719. The number of hydrogen-bond acceptors (Lipinski definition) is 8. The Kier molecular flexibility index (Phi) is 13.7. The van der Waals surface area contributed by atoms with Crippen molar-refractivity contribution < 1.29 is 23.5 Å². The van der Waals surface area contributed by atoms with Crippen molar-refractivity contribution in [1.29, 1.82) is 0 Å². The summed E-state index contributed by atoms with van der Waals surface area (Å²) in [5.74, 6) is 1.88. The van der Waals surface area contributed by atoms with Gasteiger partial charge in [-0.25, -0.2) is 9.78 Å². The van der Waals surface area contributed by atoms with Gasteiger partial charge in [0.25, 0.3) is 0 Å². The van der Waals surface area contributed by atoms with E-state index in [-0.39, 0.29) is 30.4 Å². The number of nitrogen functional groups attached to an aromatic ring is 1. The highest BCUT2D eigenvalue weighted by Gasteiger charge is 2.43. The van der Waals surface area contributed by atoms with Gasteiger partial charge in [-0.3, -0.25) is 9.79 Å². The number of ether oxygens (including phenoxy) is 2. The predicted molar refractivity (Wildman–Crippen MR) is 162 cm³/mol. The third-order valence-corrected chi connectivity index (χ3v) is 8.20. The summed E-state index contributed by atoms with van der Waals surface area (Å²) in [4.78, 5) is 36.8. The van der Waals surface area contributed by atoms with Crippen LogP contribution < -0.4 is 11.1 Å². The van der Waals surface area contributed by atoms with Crippen molar-refractivity contribution in [3.05, 3.63) is 11.8 Å². The van der Waals surface area contributed by atoms with Gasteiger partial charge in [0, 0.05) is 18.6 Å². The van der Waals surface area contributed by atoms with E-state index in [0.29, 0.717) is 43.5 Å². The topological polar surface area (TPSA) is 129 Å². The second-order valence-electron chi connectivity index (χ2n) is 11.7. The maximum absolute atomic E-state index is 13.6. The molecule has 232 valence electrons. The van der Waals surface area contributed by atoms with Gasteiger partial charge in [-0.05, 0) is 39.0 Å². The number of aromatic nitrogens is 2. The number of rotatable bonds is 17. The normalized spacial score (nSPS) is 22.1. The van der Waals surface area contributed by atoms with Gasteiger partial charge in [0.15, 0.2) is 11.4 Å². The maximum atomic E-state index is 13.6. The molecule has 2 aliphatic heterocycles. The highest BCUT2D eigenvalue weighted by atomic mass is 19.1. The number of anilines is 1. The average Bonchev–Trinajstić information content (AvgIpc) is 3.28. The van der Waals surface area contributed by atoms with E-state index in [4.69, 9.17) is 21.6 Å². The zero-order valence-electron chi connectivity index (χ0n) is 25.3. The van der Waals surface area contributed by atoms with E-state index in [1.54, 1.807) is 13.1 Å². The molecule has 4 atom stereocenters. The summed E-state index contributed by atoms with van der Waals surface area (Å²) in [5.41, 5.74) is 5.62. The SMILES string of the molecule is C#C[C@@]1(COC(=O)[C@H](C)NC(=O)CCCCCCCCCCCCC)CC[C@H](C2C=Nc3c(N)nc(F)nc3CC2)O1. The third-order valence-electron chi connectivity index (χ3n) is 8.20. The minimum Gasteiger partial charge on any atom is -0.460 e. The van der Waals surface area contributed by atoms with Crippen LogP contribution in [-0.2, 0) is 25.5 Å². The second kappa shape index (κ2) is 17.2. The Morgan fingerprint density at radius 1 is 1.14 bits per heavy atom. The van der Waals surface area contributed by atoms with E-state index < -0.39 is 23.7 Å². The molecule has 1 fully saturated rings. The van der Waals surface area contributed by atoms with Gasteiger partial charge in [0.1, 0.15) is 18.3 Å². The zero-order chi connectivity index (χ0) is 30.4. The molecule has 3 N–H and O–H groups in total. The van der Waals surface area contributed by atoms with Crippen LogP contribution in [0.25, 0.3) is 0 Å². The summed E-state index contributed by atoms with van der Waals surface area (Å²) < 4.78 is 25.3. The number of nitrogens with zero attached hydrogens (tertiary/aromatic N) is 3. The summed E-state index contributed by atoms with van der Waals surface area (Å²) in [6.07, 6.45) is 22.4. The van der Waals surface area contributed by atoms with Gasteiger partial charge in [0.2, 0.25) is 5.91 Å². The van der Waals surface area contributed by atoms with E-state index in [1.807, 2.05) is 0 Å². The lowest BCUT2D eigenvalue weighted by atomic mass is 9.94. The molecular formula is C32H48FN5O4. The quantitative estimate of drug-likeness (QED) is 0.103. The lowest BCUT2D eigenvalue weighted by Crippen LogP contribution is -2.42. The minimum atomic E-state index is -1.06. The van der Waals surface area contributed by atoms with Crippen LogP contribution in [0.4, 0.5) is 15.9 Å². The van der Waals surface area contributed by atoms with Crippen LogP contribution in [-0.4, -0.2) is 52.4 Å². The first-order valence-electron chi connectivity index (χ1n) is 15.7. The highest BCUT2D eigenvalue weighted by Crippen LogP contribution is 2.37. The predicted octanol–water partition coefficient (Wildman–Crippen LogP) is 5.76. The number of nitrogens with two attached hydrogens (primary N) is 1. The number of fused-ring (bicyclic) bond motifs is 1. The number of unbranched alkanes of at least 4 members (excludes halogenated alkanes) is 10. The van der Waals surface area contributed by atoms with E-state index >= 15 is 0 Å². The molecule has 0 aromatic carbocycles. The van der Waals surface area contributed by atoms with E-state index in [1.165, 1.54) is 51.4 Å². The van der Waals surface area contributed by atoms with Crippen LogP contribution in [0.1, 0.15) is 116 Å². The van der Waals surface area contributed by atoms with Crippen LogP contribution in [0.15, 0.2) is 4.99 Å².